The van der Waals surface area contributed by atoms with Gasteiger partial charge < -0.3 is 0 Å². The number of benzene rings is 2. The molecular formula is C13H9BrIS. The zero-order chi connectivity index (χ0) is 11.4. The molecule has 0 bridgehead atoms. The van der Waals surface area contributed by atoms with E-state index in [0.29, 0.717) is 0 Å². The largest absolute Gasteiger partial charge is 0.120 e. The fourth-order valence-corrected chi connectivity index (χ4v) is 3.44. The Morgan fingerprint density at radius 1 is 1.25 bits per heavy atom. The van der Waals surface area contributed by atoms with Crippen molar-refractivity contribution in [3.8, 4) is 0 Å². The molecule has 0 aliphatic heterocycles. The van der Waals surface area contributed by atoms with Crippen LogP contribution in [0.3, 0.4) is 0 Å². The van der Waals surface area contributed by atoms with Gasteiger partial charge in [-0.3, -0.25) is 0 Å². The van der Waals surface area contributed by atoms with Gasteiger partial charge in [0.05, 0.1) is 0 Å². The van der Waals surface area contributed by atoms with E-state index in [1.54, 1.807) is 0 Å². The van der Waals surface area contributed by atoms with Crippen molar-refractivity contribution in [1.29, 1.82) is 0 Å². The maximum absolute atomic E-state index is 3.55. The van der Waals surface area contributed by atoms with Crippen LogP contribution in [0.4, 0.5) is 0 Å². The average molecular weight is 404 g/mol. The number of hydrogen-bond donors (Lipinski definition) is 0. The highest BCUT2D eigenvalue weighted by molar-refractivity contribution is 14.1. The second-order valence-corrected chi connectivity index (χ2v) is 6.30. The summed E-state index contributed by atoms with van der Waals surface area (Å²) in [6, 6.07) is 17.8. The fourth-order valence-electron chi connectivity index (χ4n) is 1.28. The van der Waals surface area contributed by atoms with Crippen LogP contribution in [0.2, 0.25) is 0 Å². The molecule has 0 atom stereocenters. The van der Waals surface area contributed by atoms with Crippen LogP contribution < -0.4 is 0 Å². The van der Waals surface area contributed by atoms with Gasteiger partial charge in [-0.25, -0.2) is 0 Å². The highest BCUT2D eigenvalue weighted by Crippen LogP contribution is 2.31. The summed E-state index contributed by atoms with van der Waals surface area (Å²) in [7, 11) is 0. The number of hydrogen-bond acceptors (Lipinski definition) is 1. The van der Waals surface area contributed by atoms with E-state index < -0.39 is 0 Å². The summed E-state index contributed by atoms with van der Waals surface area (Å²) >= 11 is 7.68. The van der Waals surface area contributed by atoms with E-state index in [9.17, 15) is 0 Å². The molecule has 16 heavy (non-hydrogen) atoms. The second-order valence-electron chi connectivity index (χ2n) is 3.27. The number of rotatable bonds is 3. The zero-order valence-corrected chi connectivity index (χ0v) is 13.0. The fraction of sp³-hybridized carbons (Fsp3) is 0.0769. The summed E-state index contributed by atoms with van der Waals surface area (Å²) in [6.07, 6.45) is 0. The van der Waals surface area contributed by atoms with Crippen LogP contribution in [-0.4, -0.2) is 0 Å². The highest BCUT2D eigenvalue weighted by atomic mass is 127. The third-order valence-electron chi connectivity index (χ3n) is 2.07. The molecule has 2 rings (SSSR count). The van der Waals surface area contributed by atoms with Crippen molar-refractivity contribution in [3.05, 3.63) is 62.1 Å². The highest BCUT2D eigenvalue weighted by Gasteiger charge is 2.02. The molecule has 0 spiro atoms. The average Bonchev–Trinajstić information content (AvgIpc) is 2.32. The molecule has 0 N–H and O–H groups in total. The molecule has 0 nitrogen and oxygen atoms in total. The Balaban J connectivity index is 2.08. The van der Waals surface area contributed by atoms with Crippen LogP contribution in [-0.2, 0) is 5.75 Å². The summed E-state index contributed by atoms with van der Waals surface area (Å²) < 4.78 is 2.27. The zero-order valence-electron chi connectivity index (χ0n) is 8.41. The Bertz CT molecular complexity index is 471. The quantitative estimate of drug-likeness (QED) is 0.504. The topological polar surface area (TPSA) is 0 Å². The van der Waals surface area contributed by atoms with Crippen molar-refractivity contribution in [2.24, 2.45) is 0 Å². The van der Waals surface area contributed by atoms with Gasteiger partial charge >= 0.3 is 0 Å². The number of halogens is 2. The molecule has 1 radical (unpaired) electrons. The summed E-state index contributed by atoms with van der Waals surface area (Å²) in [5.74, 6) is 1.000. The van der Waals surface area contributed by atoms with Crippen LogP contribution in [0.15, 0.2) is 51.8 Å². The molecule has 0 unspecified atom stereocenters. The van der Waals surface area contributed by atoms with Crippen LogP contribution >= 0.6 is 50.3 Å². The predicted molar refractivity (Wildman–Crippen MR) is 81.7 cm³/mol. The molecule has 0 aromatic heterocycles. The lowest BCUT2D eigenvalue weighted by Gasteiger charge is -2.04. The van der Waals surface area contributed by atoms with E-state index in [2.05, 4.69) is 74.9 Å². The first-order valence-corrected chi connectivity index (χ1v) is 7.65. The lowest BCUT2D eigenvalue weighted by Crippen LogP contribution is -1.82. The first-order valence-electron chi connectivity index (χ1n) is 4.79. The van der Waals surface area contributed by atoms with E-state index in [-0.39, 0.29) is 0 Å². The van der Waals surface area contributed by atoms with Crippen molar-refractivity contribution >= 4 is 50.3 Å². The molecule has 2 aromatic rings. The second kappa shape index (κ2) is 6.07. The maximum Gasteiger partial charge on any atom is 0.0318 e. The molecule has 0 aliphatic rings. The van der Waals surface area contributed by atoms with E-state index in [1.807, 2.05) is 23.9 Å². The Labute approximate surface area is 122 Å². The summed E-state index contributed by atoms with van der Waals surface area (Å²) in [5.41, 5.74) is 1.35. The Morgan fingerprint density at radius 2 is 2.00 bits per heavy atom. The van der Waals surface area contributed by atoms with Crippen LogP contribution in [0.1, 0.15) is 5.56 Å². The van der Waals surface area contributed by atoms with Crippen molar-refractivity contribution in [1.82, 2.24) is 0 Å². The molecule has 81 valence electrons. The van der Waals surface area contributed by atoms with E-state index in [0.717, 1.165) is 13.8 Å². The molecule has 0 saturated heterocycles. The minimum absolute atomic E-state index is 1.000. The van der Waals surface area contributed by atoms with Crippen LogP contribution in [0.25, 0.3) is 0 Å². The Kier molecular flexibility index (Phi) is 4.73. The monoisotopic (exact) mass is 403 g/mol. The lowest BCUT2D eigenvalue weighted by molar-refractivity contribution is 1.34. The molecule has 2 aromatic carbocycles. The normalized spacial score (nSPS) is 10.4. The Morgan fingerprint density at radius 3 is 2.75 bits per heavy atom. The summed E-state index contributed by atoms with van der Waals surface area (Å²) in [6.45, 7) is 0. The summed E-state index contributed by atoms with van der Waals surface area (Å²) in [4.78, 5) is 1.27. The van der Waals surface area contributed by atoms with Gasteiger partial charge in [-0.2, -0.15) is 0 Å². The van der Waals surface area contributed by atoms with Crippen molar-refractivity contribution < 1.29 is 0 Å². The van der Waals surface area contributed by atoms with Gasteiger partial charge in [0.25, 0.3) is 0 Å². The smallest absolute Gasteiger partial charge is 0.0318 e. The van der Waals surface area contributed by atoms with E-state index in [1.165, 1.54) is 10.5 Å². The minimum atomic E-state index is 1.000. The van der Waals surface area contributed by atoms with Crippen molar-refractivity contribution in [3.63, 3.8) is 0 Å². The molecule has 0 amide bonds. The lowest BCUT2D eigenvalue weighted by atomic mass is 10.2. The maximum atomic E-state index is 3.55. The van der Waals surface area contributed by atoms with Crippen LogP contribution in [0.5, 0.6) is 0 Å². The molecule has 3 heteroatoms. The van der Waals surface area contributed by atoms with Gasteiger partial charge in [0.2, 0.25) is 0 Å². The first-order chi connectivity index (χ1) is 7.75. The molecule has 0 aliphatic carbocycles. The van der Waals surface area contributed by atoms with Gasteiger partial charge in [-0.1, -0.05) is 30.3 Å². The molecule has 0 saturated carbocycles. The number of thioether (sulfide) groups is 1. The third kappa shape index (κ3) is 3.50. The van der Waals surface area contributed by atoms with Gasteiger partial charge in [0.15, 0.2) is 0 Å². The summed E-state index contributed by atoms with van der Waals surface area (Å²) in [5, 5.41) is 0. The van der Waals surface area contributed by atoms with Crippen molar-refractivity contribution in [2.75, 3.05) is 0 Å². The predicted octanol–water partition coefficient (Wildman–Crippen LogP) is 5.15. The van der Waals surface area contributed by atoms with E-state index >= 15 is 0 Å². The van der Waals surface area contributed by atoms with Gasteiger partial charge in [0.1, 0.15) is 0 Å². The molecule has 0 fully saturated rings. The Hall–Kier alpha value is -0.000000000000000111. The van der Waals surface area contributed by atoms with Crippen LogP contribution in [0, 0.1) is 9.64 Å². The standard InChI is InChI=1S/C13H9BrIS/c14-12-7-6-11(15)8-13(12)16-9-10-4-2-1-3-5-10/h1-5,7-8H,9H2. The van der Waals surface area contributed by atoms with Gasteiger partial charge in [-0.05, 0) is 62.3 Å². The minimum Gasteiger partial charge on any atom is -0.120 e. The molecular weight excluding hydrogens is 395 g/mol. The van der Waals surface area contributed by atoms with E-state index in [4.69, 9.17) is 0 Å². The third-order valence-corrected chi connectivity index (χ3v) is 4.73. The molecule has 0 heterocycles. The van der Waals surface area contributed by atoms with Gasteiger partial charge in [0, 0.05) is 18.7 Å². The van der Waals surface area contributed by atoms with Gasteiger partial charge in [-0.15, -0.1) is 11.8 Å². The first kappa shape index (κ1) is 12.5. The van der Waals surface area contributed by atoms with Crippen molar-refractivity contribution in [2.45, 2.75) is 10.6 Å². The SMILES string of the molecule is Brc1c[c]c(I)cc1SCc1ccccc1.